The lowest BCUT2D eigenvalue weighted by atomic mass is 10.2. The molecule has 4 heteroatoms. The van der Waals surface area contributed by atoms with E-state index in [2.05, 4.69) is 5.32 Å². The van der Waals surface area contributed by atoms with Crippen LogP contribution in [-0.4, -0.2) is 31.0 Å². The second kappa shape index (κ2) is 6.14. The van der Waals surface area contributed by atoms with E-state index in [0.717, 1.165) is 23.5 Å². The first-order valence-electron chi connectivity index (χ1n) is 6.36. The number of benzene rings is 1. The molecule has 1 aromatic carbocycles. The molecule has 0 bridgehead atoms. The third-order valence-corrected chi connectivity index (χ3v) is 4.50. The minimum Gasteiger partial charge on any atom is -0.378 e. The highest BCUT2D eigenvalue weighted by molar-refractivity contribution is 8.00. The minimum atomic E-state index is 0.132. The number of rotatable bonds is 3. The summed E-state index contributed by atoms with van der Waals surface area (Å²) in [6, 6.07) is 7.95. The summed E-state index contributed by atoms with van der Waals surface area (Å²) >= 11 is 1.78. The molecule has 1 saturated heterocycles. The summed E-state index contributed by atoms with van der Waals surface area (Å²) in [6.07, 6.45) is 3.42. The normalized spacial score (nSPS) is 19.3. The summed E-state index contributed by atoms with van der Waals surface area (Å²) in [5.74, 6) is 1.26. The minimum absolute atomic E-state index is 0.132. The molecule has 0 spiro atoms. The van der Waals surface area contributed by atoms with Gasteiger partial charge in [0.2, 0.25) is 5.91 Å². The summed E-state index contributed by atoms with van der Waals surface area (Å²) in [7, 11) is 4.01. The second-order valence-electron chi connectivity index (χ2n) is 4.79. The average Bonchev–Trinajstić information content (AvgIpc) is 2.40. The van der Waals surface area contributed by atoms with E-state index in [4.69, 9.17) is 0 Å². The van der Waals surface area contributed by atoms with Gasteiger partial charge in [0, 0.05) is 25.5 Å². The highest BCUT2D eigenvalue weighted by atomic mass is 32.2. The van der Waals surface area contributed by atoms with Gasteiger partial charge in [-0.3, -0.25) is 4.79 Å². The monoisotopic (exact) mass is 264 g/mol. The van der Waals surface area contributed by atoms with Crippen molar-refractivity contribution in [3.05, 3.63) is 24.3 Å². The summed E-state index contributed by atoms with van der Waals surface area (Å²) in [5.41, 5.74) is 2.02. The first-order chi connectivity index (χ1) is 8.66. The number of nitrogens with zero attached hydrogens (tertiary/aromatic N) is 1. The average molecular weight is 264 g/mol. The zero-order valence-corrected chi connectivity index (χ0v) is 11.8. The van der Waals surface area contributed by atoms with E-state index < -0.39 is 0 Å². The van der Waals surface area contributed by atoms with Crippen molar-refractivity contribution in [1.29, 1.82) is 0 Å². The van der Waals surface area contributed by atoms with Gasteiger partial charge in [-0.1, -0.05) is 6.42 Å². The van der Waals surface area contributed by atoms with Crippen LogP contribution in [0.4, 0.5) is 11.4 Å². The number of carbonyl (C=O) groups is 1. The number of thioether (sulfide) groups is 1. The molecule has 1 N–H and O–H groups in total. The molecule has 0 aliphatic carbocycles. The Labute approximate surface area is 113 Å². The second-order valence-corrected chi connectivity index (χ2v) is 6.10. The van der Waals surface area contributed by atoms with Crippen LogP contribution < -0.4 is 10.2 Å². The summed E-state index contributed by atoms with van der Waals surface area (Å²) < 4.78 is 0. The van der Waals surface area contributed by atoms with E-state index in [1.807, 2.05) is 43.3 Å². The van der Waals surface area contributed by atoms with Crippen LogP contribution in [0.5, 0.6) is 0 Å². The Balaban J connectivity index is 1.94. The van der Waals surface area contributed by atoms with Gasteiger partial charge in [0.05, 0.1) is 5.25 Å². The van der Waals surface area contributed by atoms with Crippen molar-refractivity contribution in [3.63, 3.8) is 0 Å². The molecule has 1 aliphatic rings. The lowest BCUT2D eigenvalue weighted by molar-refractivity contribution is -0.115. The smallest absolute Gasteiger partial charge is 0.237 e. The number of amides is 1. The number of anilines is 2. The molecule has 1 fully saturated rings. The summed E-state index contributed by atoms with van der Waals surface area (Å²) in [6.45, 7) is 0. The van der Waals surface area contributed by atoms with E-state index in [1.165, 1.54) is 12.8 Å². The Morgan fingerprint density at radius 3 is 2.56 bits per heavy atom. The molecule has 3 nitrogen and oxygen atoms in total. The molecule has 1 aliphatic heterocycles. The van der Waals surface area contributed by atoms with Crippen molar-refractivity contribution in [2.45, 2.75) is 24.5 Å². The molecule has 1 atom stereocenters. The third kappa shape index (κ3) is 3.42. The van der Waals surface area contributed by atoms with Crippen LogP contribution >= 0.6 is 11.8 Å². The highest BCUT2D eigenvalue weighted by Crippen LogP contribution is 2.26. The molecule has 0 saturated carbocycles. The fourth-order valence-electron chi connectivity index (χ4n) is 2.01. The van der Waals surface area contributed by atoms with E-state index >= 15 is 0 Å². The summed E-state index contributed by atoms with van der Waals surface area (Å²) in [5, 5.41) is 3.13. The van der Waals surface area contributed by atoms with Gasteiger partial charge in [0.1, 0.15) is 0 Å². The molecule has 0 radical (unpaired) electrons. The van der Waals surface area contributed by atoms with Gasteiger partial charge in [-0.15, -0.1) is 11.8 Å². The number of hydrogen-bond acceptors (Lipinski definition) is 3. The van der Waals surface area contributed by atoms with Crippen LogP contribution in [0.3, 0.4) is 0 Å². The quantitative estimate of drug-likeness (QED) is 0.911. The van der Waals surface area contributed by atoms with Crippen molar-refractivity contribution in [2.24, 2.45) is 0 Å². The van der Waals surface area contributed by atoms with Crippen LogP contribution in [0, 0.1) is 0 Å². The molecule has 18 heavy (non-hydrogen) atoms. The third-order valence-electron chi connectivity index (χ3n) is 3.12. The highest BCUT2D eigenvalue weighted by Gasteiger charge is 2.21. The lowest BCUT2D eigenvalue weighted by Crippen LogP contribution is -2.27. The molecular weight excluding hydrogens is 244 g/mol. The topological polar surface area (TPSA) is 32.3 Å². The van der Waals surface area contributed by atoms with Gasteiger partial charge in [0.25, 0.3) is 0 Å². The van der Waals surface area contributed by atoms with Gasteiger partial charge >= 0.3 is 0 Å². The van der Waals surface area contributed by atoms with Crippen LogP contribution in [0.2, 0.25) is 0 Å². The molecule has 1 aromatic rings. The zero-order chi connectivity index (χ0) is 13.0. The number of carbonyl (C=O) groups excluding carboxylic acids is 1. The Hall–Kier alpha value is -1.16. The van der Waals surface area contributed by atoms with Crippen LogP contribution in [0.1, 0.15) is 19.3 Å². The van der Waals surface area contributed by atoms with E-state index in [0.29, 0.717) is 0 Å². The maximum absolute atomic E-state index is 12.0. The van der Waals surface area contributed by atoms with Gasteiger partial charge in [-0.2, -0.15) is 0 Å². The van der Waals surface area contributed by atoms with Crippen molar-refractivity contribution >= 4 is 29.0 Å². The molecule has 98 valence electrons. The van der Waals surface area contributed by atoms with Gasteiger partial charge in [0.15, 0.2) is 0 Å². The maximum atomic E-state index is 12.0. The molecule has 1 heterocycles. The SMILES string of the molecule is CN(C)c1ccc(NC(=O)C2CCCCS2)cc1. The fourth-order valence-corrected chi connectivity index (χ4v) is 3.21. The van der Waals surface area contributed by atoms with Gasteiger partial charge < -0.3 is 10.2 Å². The van der Waals surface area contributed by atoms with Gasteiger partial charge in [-0.05, 0) is 42.9 Å². The van der Waals surface area contributed by atoms with Crippen molar-refractivity contribution < 1.29 is 4.79 Å². The van der Waals surface area contributed by atoms with Crippen molar-refractivity contribution in [3.8, 4) is 0 Å². The van der Waals surface area contributed by atoms with Crippen molar-refractivity contribution in [1.82, 2.24) is 0 Å². The largest absolute Gasteiger partial charge is 0.378 e. The Kier molecular flexibility index (Phi) is 4.53. The van der Waals surface area contributed by atoms with Gasteiger partial charge in [-0.25, -0.2) is 0 Å². The predicted molar refractivity (Wildman–Crippen MR) is 79.5 cm³/mol. The van der Waals surface area contributed by atoms with Crippen LogP contribution in [0.25, 0.3) is 0 Å². The van der Waals surface area contributed by atoms with Crippen molar-refractivity contribution in [2.75, 3.05) is 30.1 Å². The fraction of sp³-hybridized carbons (Fsp3) is 0.500. The maximum Gasteiger partial charge on any atom is 0.237 e. The van der Waals surface area contributed by atoms with Crippen LogP contribution in [0.15, 0.2) is 24.3 Å². The lowest BCUT2D eigenvalue weighted by Gasteiger charge is -2.20. The molecular formula is C14H20N2OS. The Morgan fingerprint density at radius 1 is 1.28 bits per heavy atom. The Morgan fingerprint density at radius 2 is 2.00 bits per heavy atom. The number of nitrogens with one attached hydrogen (secondary N) is 1. The van der Waals surface area contributed by atoms with Crippen LogP contribution in [-0.2, 0) is 4.79 Å². The number of hydrogen-bond donors (Lipinski definition) is 1. The van der Waals surface area contributed by atoms with E-state index in [1.54, 1.807) is 11.8 Å². The predicted octanol–water partition coefficient (Wildman–Crippen LogP) is 2.98. The molecule has 1 unspecified atom stereocenters. The Bertz CT molecular complexity index is 397. The first kappa shape index (κ1) is 13.3. The van der Waals surface area contributed by atoms with E-state index in [-0.39, 0.29) is 11.2 Å². The zero-order valence-electron chi connectivity index (χ0n) is 11.0. The first-order valence-corrected chi connectivity index (χ1v) is 7.41. The summed E-state index contributed by atoms with van der Waals surface area (Å²) in [4.78, 5) is 14.1. The molecule has 0 aromatic heterocycles. The molecule has 1 amide bonds. The van der Waals surface area contributed by atoms with E-state index in [9.17, 15) is 4.79 Å². The molecule has 2 rings (SSSR count). The standard InChI is InChI=1S/C14H20N2OS/c1-16(2)12-8-6-11(7-9-12)15-14(17)13-5-3-4-10-18-13/h6-9,13H,3-5,10H2,1-2H3,(H,15,17).